The number of hydrogen-bond acceptors (Lipinski definition) is 2. The van der Waals surface area contributed by atoms with E-state index in [0.717, 1.165) is 12.0 Å². The first-order valence-electron chi connectivity index (χ1n) is 8.61. The third kappa shape index (κ3) is 7.31. The Morgan fingerprint density at radius 2 is 1.95 bits per heavy atom. The van der Waals surface area contributed by atoms with Crippen LogP contribution in [0.3, 0.4) is 0 Å². The van der Waals surface area contributed by atoms with Gasteiger partial charge in [0.2, 0.25) is 0 Å². The van der Waals surface area contributed by atoms with E-state index >= 15 is 0 Å². The molecule has 0 aromatic carbocycles. The van der Waals surface area contributed by atoms with Gasteiger partial charge in [0.15, 0.2) is 0 Å². The van der Waals surface area contributed by atoms with Gasteiger partial charge in [-0.15, -0.1) is 0 Å². The summed E-state index contributed by atoms with van der Waals surface area (Å²) in [5.74, 6) is 0.870. The minimum atomic E-state index is 0.627. The smallest absolute Gasteiger partial charge is 0.00670 e. The second-order valence-corrected chi connectivity index (χ2v) is 6.76. The highest BCUT2D eigenvalue weighted by Gasteiger charge is 2.23. The van der Waals surface area contributed by atoms with Crippen LogP contribution in [-0.4, -0.2) is 36.6 Å². The fraction of sp³-hybridized carbons (Fsp3) is 1.00. The molecule has 2 unspecified atom stereocenters. The Morgan fingerprint density at radius 1 is 1.16 bits per heavy atom. The SMILES string of the molecule is CCCCCCC(C)N1CCCC(CNC(C)C)C1. The summed E-state index contributed by atoms with van der Waals surface area (Å²) in [5, 5.41) is 3.61. The van der Waals surface area contributed by atoms with Crippen molar-refractivity contribution in [3.8, 4) is 0 Å². The Kier molecular flexibility index (Phi) is 8.72. The molecule has 1 fully saturated rings. The van der Waals surface area contributed by atoms with E-state index < -0.39 is 0 Å². The van der Waals surface area contributed by atoms with Crippen molar-refractivity contribution in [1.82, 2.24) is 10.2 Å². The fourth-order valence-corrected chi connectivity index (χ4v) is 3.12. The summed E-state index contributed by atoms with van der Waals surface area (Å²) in [5.41, 5.74) is 0. The summed E-state index contributed by atoms with van der Waals surface area (Å²) < 4.78 is 0. The Hall–Kier alpha value is -0.0800. The van der Waals surface area contributed by atoms with Gasteiger partial charge in [-0.3, -0.25) is 0 Å². The third-order valence-electron chi connectivity index (χ3n) is 4.46. The van der Waals surface area contributed by atoms with Crippen LogP contribution in [0.1, 0.15) is 72.6 Å². The van der Waals surface area contributed by atoms with Crippen molar-refractivity contribution in [1.29, 1.82) is 0 Å². The molecule has 1 rings (SSSR count). The monoisotopic (exact) mass is 268 g/mol. The van der Waals surface area contributed by atoms with E-state index in [2.05, 4.69) is 37.9 Å². The van der Waals surface area contributed by atoms with Gasteiger partial charge in [-0.2, -0.15) is 0 Å². The van der Waals surface area contributed by atoms with Gasteiger partial charge in [-0.1, -0.05) is 46.5 Å². The fourth-order valence-electron chi connectivity index (χ4n) is 3.12. The Bertz CT molecular complexity index is 215. The Labute approximate surface area is 121 Å². The van der Waals surface area contributed by atoms with Crippen molar-refractivity contribution in [3.63, 3.8) is 0 Å². The van der Waals surface area contributed by atoms with Crippen LogP contribution in [0.4, 0.5) is 0 Å². The summed E-state index contributed by atoms with van der Waals surface area (Å²) in [6.07, 6.45) is 9.80. The van der Waals surface area contributed by atoms with Crippen molar-refractivity contribution < 1.29 is 0 Å². The van der Waals surface area contributed by atoms with Crippen molar-refractivity contribution in [2.75, 3.05) is 19.6 Å². The second kappa shape index (κ2) is 9.77. The first kappa shape index (κ1) is 17.0. The molecule has 1 N–H and O–H groups in total. The minimum absolute atomic E-state index is 0.627. The van der Waals surface area contributed by atoms with Crippen LogP contribution in [0, 0.1) is 5.92 Å². The average molecular weight is 268 g/mol. The number of nitrogens with zero attached hydrogens (tertiary/aromatic N) is 1. The molecule has 0 aromatic heterocycles. The molecule has 0 aliphatic carbocycles. The summed E-state index contributed by atoms with van der Waals surface area (Å²) in [6.45, 7) is 13.1. The number of rotatable bonds is 9. The molecule has 1 heterocycles. The first-order chi connectivity index (χ1) is 9.13. The van der Waals surface area contributed by atoms with Crippen LogP contribution in [0.2, 0.25) is 0 Å². The van der Waals surface area contributed by atoms with E-state index in [-0.39, 0.29) is 0 Å². The lowest BCUT2D eigenvalue weighted by Crippen LogP contribution is -2.44. The van der Waals surface area contributed by atoms with Crippen LogP contribution in [0.25, 0.3) is 0 Å². The van der Waals surface area contributed by atoms with Gasteiger partial charge in [0.05, 0.1) is 0 Å². The minimum Gasteiger partial charge on any atom is -0.314 e. The third-order valence-corrected chi connectivity index (χ3v) is 4.46. The van der Waals surface area contributed by atoms with E-state index in [1.807, 2.05) is 0 Å². The lowest BCUT2D eigenvalue weighted by Gasteiger charge is -2.37. The topological polar surface area (TPSA) is 15.3 Å². The summed E-state index contributed by atoms with van der Waals surface area (Å²) in [4.78, 5) is 2.74. The summed E-state index contributed by atoms with van der Waals surface area (Å²) in [7, 11) is 0. The van der Waals surface area contributed by atoms with E-state index in [4.69, 9.17) is 0 Å². The number of nitrogens with one attached hydrogen (secondary N) is 1. The quantitative estimate of drug-likeness (QED) is 0.635. The van der Waals surface area contributed by atoms with Gasteiger partial charge >= 0.3 is 0 Å². The molecule has 0 aromatic rings. The van der Waals surface area contributed by atoms with Crippen LogP contribution in [0.15, 0.2) is 0 Å². The molecule has 0 radical (unpaired) electrons. The zero-order valence-corrected chi connectivity index (χ0v) is 13.8. The van der Waals surface area contributed by atoms with Gasteiger partial charge in [0, 0.05) is 18.6 Å². The van der Waals surface area contributed by atoms with Crippen LogP contribution >= 0.6 is 0 Å². The van der Waals surface area contributed by atoms with E-state index in [1.54, 1.807) is 0 Å². The van der Waals surface area contributed by atoms with E-state index in [0.29, 0.717) is 6.04 Å². The van der Waals surface area contributed by atoms with Gasteiger partial charge in [-0.25, -0.2) is 0 Å². The van der Waals surface area contributed by atoms with Crippen molar-refractivity contribution in [2.24, 2.45) is 5.92 Å². The lowest BCUT2D eigenvalue weighted by molar-refractivity contribution is 0.122. The molecule has 2 atom stereocenters. The number of likely N-dealkylation sites (tertiary alicyclic amines) is 1. The van der Waals surface area contributed by atoms with Crippen LogP contribution < -0.4 is 5.32 Å². The molecule has 0 amide bonds. The normalized spacial score (nSPS) is 22.9. The van der Waals surface area contributed by atoms with Crippen LogP contribution in [-0.2, 0) is 0 Å². The molecule has 2 nitrogen and oxygen atoms in total. The molecule has 114 valence electrons. The average Bonchev–Trinajstić information content (AvgIpc) is 2.41. The van der Waals surface area contributed by atoms with Gasteiger partial charge < -0.3 is 10.2 Å². The molecule has 1 aliphatic heterocycles. The predicted octanol–water partition coefficient (Wildman–Crippen LogP) is 4.06. The van der Waals surface area contributed by atoms with Gasteiger partial charge in [-0.05, 0) is 45.2 Å². The molecule has 0 saturated carbocycles. The van der Waals surface area contributed by atoms with Crippen molar-refractivity contribution in [2.45, 2.75) is 84.7 Å². The molecule has 19 heavy (non-hydrogen) atoms. The molecule has 2 heteroatoms. The maximum absolute atomic E-state index is 3.61. The van der Waals surface area contributed by atoms with E-state index in [9.17, 15) is 0 Å². The highest BCUT2D eigenvalue weighted by Crippen LogP contribution is 2.20. The zero-order chi connectivity index (χ0) is 14.1. The molecule has 1 saturated heterocycles. The van der Waals surface area contributed by atoms with E-state index in [1.165, 1.54) is 64.6 Å². The maximum Gasteiger partial charge on any atom is 0.00670 e. The van der Waals surface area contributed by atoms with Crippen molar-refractivity contribution in [3.05, 3.63) is 0 Å². The zero-order valence-electron chi connectivity index (χ0n) is 13.8. The molecular weight excluding hydrogens is 232 g/mol. The van der Waals surface area contributed by atoms with Gasteiger partial charge in [0.25, 0.3) is 0 Å². The predicted molar refractivity (Wildman–Crippen MR) is 85.7 cm³/mol. The van der Waals surface area contributed by atoms with Crippen molar-refractivity contribution >= 4 is 0 Å². The molecule has 1 aliphatic rings. The Morgan fingerprint density at radius 3 is 2.63 bits per heavy atom. The number of piperidine rings is 1. The van der Waals surface area contributed by atoms with Gasteiger partial charge in [0.1, 0.15) is 0 Å². The standard InChI is InChI=1S/C17H36N2/c1-5-6-7-8-10-16(4)19-12-9-11-17(14-19)13-18-15(2)3/h15-18H,5-14H2,1-4H3. The number of hydrogen-bond donors (Lipinski definition) is 1. The lowest BCUT2D eigenvalue weighted by atomic mass is 9.95. The first-order valence-corrected chi connectivity index (χ1v) is 8.61. The van der Waals surface area contributed by atoms with Crippen LogP contribution in [0.5, 0.6) is 0 Å². The number of unbranched alkanes of at least 4 members (excludes halogenated alkanes) is 3. The summed E-state index contributed by atoms with van der Waals surface area (Å²) in [6, 6.07) is 1.42. The maximum atomic E-state index is 3.61. The molecule has 0 spiro atoms. The molecule has 0 bridgehead atoms. The largest absolute Gasteiger partial charge is 0.314 e. The second-order valence-electron chi connectivity index (χ2n) is 6.76. The Balaban J connectivity index is 2.21. The molecular formula is C17H36N2. The highest BCUT2D eigenvalue weighted by atomic mass is 15.2. The highest BCUT2D eigenvalue weighted by molar-refractivity contribution is 4.78. The summed E-state index contributed by atoms with van der Waals surface area (Å²) >= 11 is 0.